The van der Waals surface area contributed by atoms with Crippen LogP contribution in [0.3, 0.4) is 0 Å². The number of aromatic hydroxyl groups is 2. The van der Waals surface area contributed by atoms with E-state index in [1.807, 2.05) is 24.3 Å². The molecule has 7 aliphatic rings. The largest absolute Gasteiger partial charge is 0.508 e. The molecule has 0 spiro atoms. The maximum absolute atomic E-state index is 11.9. The van der Waals surface area contributed by atoms with Crippen molar-refractivity contribution in [3.63, 3.8) is 0 Å². The maximum Gasteiger partial charge on any atom is 0.346 e. The Morgan fingerprint density at radius 3 is 1.67 bits per heavy atom. The van der Waals surface area contributed by atoms with Gasteiger partial charge in [0, 0.05) is 24.3 Å². The molecule has 4 atom stereocenters. The van der Waals surface area contributed by atoms with Crippen LogP contribution >= 0.6 is 0 Å². The first kappa shape index (κ1) is 60.1. The lowest BCUT2D eigenvalue weighted by Crippen LogP contribution is -2.46. The summed E-state index contributed by atoms with van der Waals surface area (Å²) in [6, 6.07) is 8.41. The summed E-state index contributed by atoms with van der Waals surface area (Å²) in [5.41, 5.74) is 5.09. The molecule has 4 aromatic heterocycles. The second-order valence-corrected chi connectivity index (χ2v) is 20.7. The van der Waals surface area contributed by atoms with Crippen LogP contribution in [0.5, 0.6) is 23.0 Å². The zero-order valence-electron chi connectivity index (χ0n) is 45.8. The SMILES string of the molecule is C1CCNCC1.CC1=C(C=O)CCCC1C.Cc1cc(O)cc(=O)o1.Cc1cc(O)cc(=O)o1.Cc1cc2c(c(=O)o1)C=C1CCCCC1O2.Cc1cc2c(c(=O)o1)C=C1CCC[C@H](C)[C@@]1(C)O2.O=CC1=CCCCC1. The molecule has 15 heteroatoms. The number of carbonyl (C=O) groups excluding carboxylic acids is 2. The van der Waals surface area contributed by atoms with Gasteiger partial charge in [0.1, 0.15) is 81.4 Å². The summed E-state index contributed by atoms with van der Waals surface area (Å²) in [4.78, 5) is 64.8. The number of fused-ring (bicyclic) bond motifs is 4. The normalized spacial score (nSPS) is 21.6. The highest BCUT2D eigenvalue weighted by Gasteiger charge is 2.43. The van der Waals surface area contributed by atoms with Crippen molar-refractivity contribution in [1.29, 1.82) is 0 Å². The first-order valence-electron chi connectivity index (χ1n) is 27.0. The second-order valence-electron chi connectivity index (χ2n) is 20.7. The lowest BCUT2D eigenvalue weighted by molar-refractivity contribution is -0.105. The lowest BCUT2D eigenvalue weighted by atomic mass is 9.72. The smallest absolute Gasteiger partial charge is 0.346 e. The molecule has 412 valence electrons. The highest BCUT2D eigenvalue weighted by molar-refractivity contribution is 5.75. The van der Waals surface area contributed by atoms with E-state index in [1.54, 1.807) is 33.8 Å². The van der Waals surface area contributed by atoms with Crippen LogP contribution in [-0.2, 0) is 9.59 Å². The first-order chi connectivity index (χ1) is 36.3. The van der Waals surface area contributed by atoms with Crippen LogP contribution in [0, 0.1) is 39.5 Å². The molecule has 1 saturated heterocycles. The van der Waals surface area contributed by atoms with Crippen LogP contribution in [-0.4, -0.2) is 47.6 Å². The van der Waals surface area contributed by atoms with Gasteiger partial charge in [0.2, 0.25) is 0 Å². The summed E-state index contributed by atoms with van der Waals surface area (Å²) < 4.78 is 31.3. The predicted molar refractivity (Wildman–Crippen MR) is 294 cm³/mol. The fraction of sp³-hybridized carbons (Fsp3) is 0.508. The molecule has 3 N–H and O–H groups in total. The van der Waals surface area contributed by atoms with E-state index in [2.05, 4.69) is 41.8 Å². The van der Waals surface area contributed by atoms with Gasteiger partial charge in [-0.25, -0.2) is 19.2 Å². The molecule has 2 unspecified atom stereocenters. The number of ether oxygens (including phenoxy) is 2. The zero-order valence-corrected chi connectivity index (χ0v) is 45.8. The Bertz CT molecular complexity index is 2840. The quantitative estimate of drug-likeness (QED) is 0.159. The topological polar surface area (TPSA) is 226 Å². The van der Waals surface area contributed by atoms with Crippen LogP contribution < -0.4 is 37.3 Å². The van der Waals surface area contributed by atoms with E-state index in [0.717, 1.165) is 74.4 Å². The van der Waals surface area contributed by atoms with E-state index >= 15 is 0 Å². The van der Waals surface area contributed by atoms with Gasteiger partial charge < -0.3 is 42.7 Å². The molecule has 4 aromatic rings. The Labute approximate surface area is 445 Å². The Hall–Kier alpha value is -6.74. The number of aryl methyl sites for hydroxylation is 4. The van der Waals surface area contributed by atoms with Crippen LogP contribution in [0.4, 0.5) is 0 Å². The van der Waals surface area contributed by atoms with E-state index in [9.17, 15) is 28.8 Å². The van der Waals surface area contributed by atoms with E-state index in [1.165, 1.54) is 113 Å². The molecule has 76 heavy (non-hydrogen) atoms. The Morgan fingerprint density at radius 1 is 0.592 bits per heavy atom. The summed E-state index contributed by atoms with van der Waals surface area (Å²) >= 11 is 0. The van der Waals surface area contributed by atoms with Crippen molar-refractivity contribution in [2.75, 3.05) is 13.1 Å². The van der Waals surface area contributed by atoms with E-state index in [0.29, 0.717) is 57.5 Å². The van der Waals surface area contributed by atoms with Crippen molar-refractivity contribution in [3.8, 4) is 23.0 Å². The monoisotopic (exact) mass is 1050 g/mol. The zero-order chi connectivity index (χ0) is 55.4. The molecule has 0 radical (unpaired) electrons. The first-order valence-corrected chi connectivity index (χ1v) is 27.0. The van der Waals surface area contributed by atoms with Gasteiger partial charge in [0.05, 0.1) is 12.1 Å². The molecule has 11 rings (SSSR count). The third kappa shape index (κ3) is 18.2. The maximum atomic E-state index is 11.9. The van der Waals surface area contributed by atoms with Crippen molar-refractivity contribution in [2.24, 2.45) is 11.8 Å². The van der Waals surface area contributed by atoms with Crippen LogP contribution in [0.15, 0.2) is 107 Å². The van der Waals surface area contributed by atoms with E-state index in [4.69, 9.17) is 28.5 Å². The predicted octanol–water partition coefficient (Wildman–Crippen LogP) is 12.0. The highest BCUT2D eigenvalue weighted by atomic mass is 16.5. The van der Waals surface area contributed by atoms with Crippen LogP contribution in [0.1, 0.15) is 171 Å². The average molecular weight is 1050 g/mol. The summed E-state index contributed by atoms with van der Waals surface area (Å²) in [5, 5.41) is 20.8. The van der Waals surface area contributed by atoms with E-state index in [-0.39, 0.29) is 34.5 Å². The molecule has 3 aliphatic heterocycles. The molecule has 4 aliphatic carbocycles. The molecule has 15 nitrogen and oxygen atoms in total. The minimum Gasteiger partial charge on any atom is -0.508 e. The number of aldehydes is 2. The van der Waals surface area contributed by atoms with Crippen molar-refractivity contribution < 1.29 is 46.9 Å². The molecule has 2 saturated carbocycles. The van der Waals surface area contributed by atoms with Crippen molar-refractivity contribution >= 4 is 24.7 Å². The summed E-state index contributed by atoms with van der Waals surface area (Å²) in [6.45, 7) is 17.9. The summed E-state index contributed by atoms with van der Waals surface area (Å²) in [7, 11) is 0. The van der Waals surface area contributed by atoms with Crippen LogP contribution in [0.25, 0.3) is 12.2 Å². The molecule has 0 amide bonds. The summed E-state index contributed by atoms with van der Waals surface area (Å²) in [6.07, 6.45) is 28.2. The molecule has 0 bridgehead atoms. The average Bonchev–Trinajstić information content (AvgIpc) is 3.38. The molecule has 0 aromatic carbocycles. The number of hydrogen-bond donors (Lipinski definition) is 3. The number of hydrogen-bond acceptors (Lipinski definition) is 15. The van der Waals surface area contributed by atoms with Gasteiger partial charge in [0.25, 0.3) is 0 Å². The van der Waals surface area contributed by atoms with Gasteiger partial charge in [-0.1, -0.05) is 31.9 Å². The Morgan fingerprint density at radius 2 is 1.17 bits per heavy atom. The number of allylic oxidation sites excluding steroid dienone is 4. The van der Waals surface area contributed by atoms with Gasteiger partial charge >= 0.3 is 22.5 Å². The molecule has 7 heterocycles. The van der Waals surface area contributed by atoms with Gasteiger partial charge in [0.15, 0.2) is 0 Å². The van der Waals surface area contributed by atoms with Gasteiger partial charge in [-0.2, -0.15) is 0 Å². The number of rotatable bonds is 2. The van der Waals surface area contributed by atoms with Gasteiger partial charge in [-0.05, 0) is 204 Å². The number of nitrogens with one attached hydrogen (secondary N) is 1. The standard InChI is InChI=1S/C15H18O3.C13H14O3.C9H14O.C7H10O.2C6H6O3.C5H11N/c1-9-5-4-6-11-8-12-13(18-15(9,11)3)7-10(2)17-14(12)16;1-8-6-12-10(13(14)15-8)7-9-4-2-3-5-11(9)16-12;1-7-4-3-5-9(6-10)8(7)2;8-6-7-4-2-1-3-5-7;2*1-4-2-5(7)3-6(8)9-4;1-2-4-6-5-3-1/h7-9H,4-6H2,1-3H3;6-7,11H,2-5H2,1H3;6-7H,3-5H2,1-2H3;4,6H,1-3,5H2;2*2-3,7H,1H3;6H,1-5H2/t9-,15+;;;;;;/m0....../s1. The van der Waals surface area contributed by atoms with Crippen molar-refractivity contribution in [1.82, 2.24) is 5.32 Å². The van der Waals surface area contributed by atoms with Crippen molar-refractivity contribution in [2.45, 2.75) is 176 Å². The van der Waals surface area contributed by atoms with Crippen LogP contribution in [0.2, 0.25) is 0 Å². The van der Waals surface area contributed by atoms with Gasteiger partial charge in [-0.3, -0.25) is 9.59 Å². The number of carbonyl (C=O) groups is 2. The lowest BCUT2D eigenvalue weighted by Gasteiger charge is -2.44. The highest BCUT2D eigenvalue weighted by Crippen LogP contribution is 2.45. The molecule has 3 fully saturated rings. The van der Waals surface area contributed by atoms with E-state index < -0.39 is 11.3 Å². The molecular weight excluding hydrogens is 971 g/mol. The fourth-order valence-electron chi connectivity index (χ4n) is 9.93. The number of piperidine rings is 1. The Kier molecular flexibility index (Phi) is 23.4. The van der Waals surface area contributed by atoms with Crippen molar-refractivity contribution in [3.05, 3.63) is 146 Å². The summed E-state index contributed by atoms with van der Waals surface area (Å²) in [5.74, 6) is 4.40. The second kappa shape index (κ2) is 29.5. The Balaban J connectivity index is 0.000000169. The third-order valence-electron chi connectivity index (χ3n) is 14.6. The third-order valence-corrected chi connectivity index (χ3v) is 14.6. The minimum absolute atomic E-state index is 0.0521. The minimum atomic E-state index is -0.521. The van der Waals surface area contributed by atoms with Gasteiger partial charge in [-0.15, -0.1) is 0 Å². The molecular formula is C61H79NO14. The fourth-order valence-corrected chi connectivity index (χ4v) is 9.93.